The Morgan fingerprint density at radius 2 is 1.83 bits per heavy atom. The number of hydrogen-bond acceptors (Lipinski definition) is 1. The van der Waals surface area contributed by atoms with Gasteiger partial charge in [0.05, 0.1) is 5.69 Å². The van der Waals surface area contributed by atoms with Crippen LogP contribution in [0.1, 0.15) is 0 Å². The molecule has 0 heterocycles. The Bertz CT molecular complexity index is 574. The Morgan fingerprint density at radius 3 is 2.56 bits per heavy atom. The van der Waals surface area contributed by atoms with Gasteiger partial charge in [0.25, 0.3) is 0 Å². The average Bonchev–Trinajstić information content (AvgIpc) is 2.32. The normalized spacial score (nSPS) is 9.89. The zero-order valence-corrected chi connectivity index (χ0v) is 11.4. The summed E-state index contributed by atoms with van der Waals surface area (Å²) in [4.78, 5) is 11.7. The monoisotopic (exact) mass is 356 g/mol. The van der Waals surface area contributed by atoms with Crippen LogP contribution in [0.2, 0.25) is 0 Å². The number of urea groups is 1. The molecule has 0 unspecified atom stereocenters. The predicted molar refractivity (Wildman–Crippen MR) is 78.2 cm³/mol. The van der Waals surface area contributed by atoms with Gasteiger partial charge in [-0.3, -0.25) is 0 Å². The van der Waals surface area contributed by atoms with Crippen molar-refractivity contribution in [3.63, 3.8) is 0 Å². The maximum atomic E-state index is 12.9. The van der Waals surface area contributed by atoms with Crippen LogP contribution in [0.5, 0.6) is 0 Å². The van der Waals surface area contributed by atoms with E-state index in [1.54, 1.807) is 12.1 Å². The minimum atomic E-state index is -0.398. The Hall–Kier alpha value is -1.63. The summed E-state index contributed by atoms with van der Waals surface area (Å²) in [7, 11) is 0. The van der Waals surface area contributed by atoms with Gasteiger partial charge in [0.15, 0.2) is 0 Å². The highest BCUT2D eigenvalue weighted by molar-refractivity contribution is 14.1. The molecule has 0 fully saturated rings. The third kappa shape index (κ3) is 3.43. The highest BCUT2D eigenvalue weighted by Gasteiger charge is 2.05. The number of rotatable bonds is 2. The largest absolute Gasteiger partial charge is 0.323 e. The summed E-state index contributed by atoms with van der Waals surface area (Å²) < 4.78 is 13.9. The first-order chi connectivity index (χ1) is 8.65. The molecule has 2 rings (SSSR count). The maximum absolute atomic E-state index is 12.9. The van der Waals surface area contributed by atoms with E-state index < -0.39 is 6.03 Å². The third-order valence-corrected chi connectivity index (χ3v) is 3.15. The molecule has 0 saturated heterocycles. The van der Waals surface area contributed by atoms with Gasteiger partial charge in [-0.15, -0.1) is 0 Å². The van der Waals surface area contributed by atoms with E-state index in [1.807, 2.05) is 18.2 Å². The lowest BCUT2D eigenvalue weighted by Gasteiger charge is -2.08. The lowest BCUT2D eigenvalue weighted by molar-refractivity contribution is 0.262. The molecule has 0 aromatic heterocycles. The molecule has 2 amide bonds. The van der Waals surface area contributed by atoms with Crippen LogP contribution in [0.15, 0.2) is 48.5 Å². The lowest BCUT2D eigenvalue weighted by atomic mass is 10.3. The van der Waals surface area contributed by atoms with Crippen LogP contribution in [-0.4, -0.2) is 6.03 Å². The van der Waals surface area contributed by atoms with Crippen LogP contribution < -0.4 is 10.6 Å². The van der Waals surface area contributed by atoms with Crippen molar-refractivity contribution in [2.24, 2.45) is 0 Å². The van der Waals surface area contributed by atoms with Gasteiger partial charge in [-0.1, -0.05) is 18.2 Å². The van der Waals surface area contributed by atoms with Crippen molar-refractivity contribution >= 4 is 40.0 Å². The van der Waals surface area contributed by atoms with Gasteiger partial charge in [-0.2, -0.15) is 0 Å². The number of nitrogens with one attached hydrogen (secondary N) is 2. The number of carbonyl (C=O) groups excluding carboxylic acids is 1. The second-order valence-corrected chi connectivity index (χ2v) is 4.73. The van der Waals surface area contributed by atoms with Crippen molar-refractivity contribution < 1.29 is 9.18 Å². The molecule has 0 bridgehead atoms. The van der Waals surface area contributed by atoms with Gasteiger partial charge in [-0.05, 0) is 52.9 Å². The molecule has 5 heteroatoms. The summed E-state index contributed by atoms with van der Waals surface area (Å²) in [6, 6.07) is 12.8. The second-order valence-electron chi connectivity index (χ2n) is 3.57. The molecule has 0 aliphatic carbocycles. The SMILES string of the molecule is O=C(Nc1cccc(F)c1)Nc1ccccc1I. The average molecular weight is 356 g/mol. The van der Waals surface area contributed by atoms with E-state index in [4.69, 9.17) is 0 Å². The van der Waals surface area contributed by atoms with E-state index in [2.05, 4.69) is 33.2 Å². The van der Waals surface area contributed by atoms with E-state index in [1.165, 1.54) is 18.2 Å². The first-order valence-corrected chi connectivity index (χ1v) is 6.31. The molecule has 3 nitrogen and oxygen atoms in total. The molecule has 2 N–H and O–H groups in total. The van der Waals surface area contributed by atoms with Crippen LogP contribution in [0.3, 0.4) is 0 Å². The fourth-order valence-corrected chi connectivity index (χ4v) is 1.94. The second kappa shape index (κ2) is 5.81. The molecule has 0 saturated carbocycles. The number of amides is 2. The quantitative estimate of drug-likeness (QED) is 0.783. The summed E-state index contributed by atoms with van der Waals surface area (Å²) in [5, 5.41) is 5.26. The van der Waals surface area contributed by atoms with Crippen molar-refractivity contribution in [2.45, 2.75) is 0 Å². The van der Waals surface area contributed by atoms with Gasteiger partial charge < -0.3 is 10.6 Å². The molecule has 2 aromatic carbocycles. The van der Waals surface area contributed by atoms with Gasteiger partial charge >= 0.3 is 6.03 Å². The van der Waals surface area contributed by atoms with E-state index in [9.17, 15) is 9.18 Å². The molecule has 0 atom stereocenters. The van der Waals surface area contributed by atoms with Crippen LogP contribution in [0, 0.1) is 9.39 Å². The summed E-state index contributed by atoms with van der Waals surface area (Å²) >= 11 is 2.13. The van der Waals surface area contributed by atoms with E-state index >= 15 is 0 Å². The van der Waals surface area contributed by atoms with Crippen LogP contribution in [0.25, 0.3) is 0 Å². The Morgan fingerprint density at radius 1 is 1.06 bits per heavy atom. The summed E-state index contributed by atoms with van der Waals surface area (Å²) in [5.41, 5.74) is 1.13. The van der Waals surface area contributed by atoms with E-state index in [0.717, 1.165) is 3.57 Å². The van der Waals surface area contributed by atoms with Crippen molar-refractivity contribution in [3.8, 4) is 0 Å². The van der Waals surface area contributed by atoms with E-state index in [-0.39, 0.29) is 5.82 Å². The third-order valence-electron chi connectivity index (χ3n) is 2.20. The fourth-order valence-electron chi connectivity index (χ4n) is 1.41. The van der Waals surface area contributed by atoms with Gasteiger partial charge in [-0.25, -0.2) is 9.18 Å². The van der Waals surface area contributed by atoms with Crippen LogP contribution >= 0.6 is 22.6 Å². The number of para-hydroxylation sites is 1. The highest BCUT2D eigenvalue weighted by Crippen LogP contribution is 2.17. The zero-order chi connectivity index (χ0) is 13.0. The number of halogens is 2. The number of hydrogen-bond donors (Lipinski definition) is 2. The van der Waals surface area contributed by atoms with Gasteiger partial charge in [0, 0.05) is 9.26 Å². The molecular weight excluding hydrogens is 346 g/mol. The molecule has 0 aliphatic rings. The molecule has 0 spiro atoms. The molecule has 2 aromatic rings. The standard InChI is InChI=1S/C13H10FIN2O/c14-9-4-3-5-10(8-9)16-13(18)17-12-7-2-1-6-11(12)15/h1-8H,(H2,16,17,18). The topological polar surface area (TPSA) is 41.1 Å². The molecule has 0 radical (unpaired) electrons. The molecular formula is C13H10FIN2O. The molecule has 0 aliphatic heterocycles. The van der Waals surface area contributed by atoms with Crippen molar-refractivity contribution in [1.82, 2.24) is 0 Å². The number of benzene rings is 2. The summed E-state index contributed by atoms with van der Waals surface area (Å²) in [6.07, 6.45) is 0. The Kier molecular flexibility index (Phi) is 4.14. The number of anilines is 2. The Balaban J connectivity index is 2.03. The Labute approximate surface area is 118 Å². The minimum Gasteiger partial charge on any atom is -0.308 e. The van der Waals surface area contributed by atoms with Crippen molar-refractivity contribution in [3.05, 3.63) is 57.9 Å². The minimum absolute atomic E-state index is 0.387. The van der Waals surface area contributed by atoms with Gasteiger partial charge in [0.1, 0.15) is 5.82 Å². The zero-order valence-electron chi connectivity index (χ0n) is 9.28. The van der Waals surface area contributed by atoms with Crippen molar-refractivity contribution in [2.75, 3.05) is 10.6 Å². The molecule has 18 heavy (non-hydrogen) atoms. The lowest BCUT2D eigenvalue weighted by Crippen LogP contribution is -2.19. The first kappa shape index (κ1) is 12.8. The smallest absolute Gasteiger partial charge is 0.308 e. The first-order valence-electron chi connectivity index (χ1n) is 5.23. The summed E-state index contributed by atoms with van der Waals surface area (Å²) in [6.45, 7) is 0. The summed E-state index contributed by atoms with van der Waals surface area (Å²) in [5.74, 6) is -0.387. The van der Waals surface area contributed by atoms with Gasteiger partial charge in [0.2, 0.25) is 0 Å². The van der Waals surface area contributed by atoms with Crippen LogP contribution in [0.4, 0.5) is 20.6 Å². The number of carbonyl (C=O) groups is 1. The van der Waals surface area contributed by atoms with E-state index in [0.29, 0.717) is 11.4 Å². The fraction of sp³-hybridized carbons (Fsp3) is 0. The maximum Gasteiger partial charge on any atom is 0.323 e. The highest BCUT2D eigenvalue weighted by atomic mass is 127. The predicted octanol–water partition coefficient (Wildman–Crippen LogP) is 4.07. The van der Waals surface area contributed by atoms with Crippen LogP contribution in [-0.2, 0) is 0 Å². The van der Waals surface area contributed by atoms with Crippen molar-refractivity contribution in [1.29, 1.82) is 0 Å². The molecule has 92 valence electrons.